The predicted octanol–water partition coefficient (Wildman–Crippen LogP) is 5.46. The summed E-state index contributed by atoms with van der Waals surface area (Å²) in [6.45, 7) is 4.50. The Balaban J connectivity index is 1.24. The van der Waals surface area contributed by atoms with Gasteiger partial charge in [0.15, 0.2) is 11.5 Å². The number of aromatic nitrogens is 2. The van der Waals surface area contributed by atoms with Gasteiger partial charge in [0.05, 0.1) is 10.0 Å². The molecule has 0 aliphatic carbocycles. The van der Waals surface area contributed by atoms with Crippen LogP contribution in [0.1, 0.15) is 21.6 Å². The van der Waals surface area contributed by atoms with E-state index in [4.69, 9.17) is 23.2 Å². The second kappa shape index (κ2) is 9.60. The van der Waals surface area contributed by atoms with Crippen molar-refractivity contribution < 1.29 is 4.79 Å². The number of nitrogens with zero attached hydrogens (tertiary/aromatic N) is 5. The lowest BCUT2D eigenvalue weighted by atomic mass is 9.99. The van der Waals surface area contributed by atoms with E-state index in [-0.39, 0.29) is 5.91 Å². The van der Waals surface area contributed by atoms with Gasteiger partial charge in [-0.2, -0.15) is 0 Å². The second-order valence-corrected chi connectivity index (χ2v) is 10.1. The Morgan fingerprint density at radius 2 is 1.42 bits per heavy atom. The Morgan fingerprint density at radius 1 is 0.722 bits per heavy atom. The zero-order valence-corrected chi connectivity index (χ0v) is 21.2. The van der Waals surface area contributed by atoms with Gasteiger partial charge in [0, 0.05) is 55.7 Å². The third-order valence-corrected chi connectivity index (χ3v) is 7.87. The van der Waals surface area contributed by atoms with Crippen LogP contribution < -0.4 is 9.80 Å². The van der Waals surface area contributed by atoms with E-state index < -0.39 is 0 Å². The number of anilines is 2. The van der Waals surface area contributed by atoms with Crippen LogP contribution in [0.2, 0.25) is 10.0 Å². The average molecular weight is 518 g/mol. The summed E-state index contributed by atoms with van der Waals surface area (Å²) < 4.78 is 0. The van der Waals surface area contributed by atoms with E-state index in [2.05, 4.69) is 38.2 Å². The molecule has 0 unspecified atom stereocenters. The first-order chi connectivity index (χ1) is 17.6. The van der Waals surface area contributed by atoms with E-state index >= 15 is 0 Å². The highest BCUT2D eigenvalue weighted by molar-refractivity contribution is 6.42. The third-order valence-electron chi connectivity index (χ3n) is 7.14. The molecule has 3 aromatic carbocycles. The standard InChI is InChI=1S/C28H25Cl2N5O/c29-24-10-9-21(17-25(24)30)33-13-15-34(16-14-33)27-23-8-4-3-7-22(23)26(31-32-27)28(36)35-12-11-19-5-1-2-6-20(19)18-35/h1-10,17H,11-16,18H2. The topological polar surface area (TPSA) is 52.6 Å². The number of amides is 1. The van der Waals surface area contributed by atoms with Crippen LogP contribution in [0.3, 0.4) is 0 Å². The Kier molecular flexibility index (Phi) is 6.15. The molecule has 4 aromatic rings. The maximum absolute atomic E-state index is 13.5. The minimum absolute atomic E-state index is 0.0656. The van der Waals surface area contributed by atoms with E-state index in [1.165, 1.54) is 11.1 Å². The van der Waals surface area contributed by atoms with Crippen molar-refractivity contribution in [2.24, 2.45) is 0 Å². The number of fused-ring (bicyclic) bond motifs is 2. The van der Waals surface area contributed by atoms with Crippen LogP contribution in [0.4, 0.5) is 11.5 Å². The van der Waals surface area contributed by atoms with Crippen LogP contribution in [0.25, 0.3) is 10.8 Å². The minimum atomic E-state index is -0.0656. The lowest BCUT2D eigenvalue weighted by molar-refractivity contribution is 0.0730. The number of piperazine rings is 1. The molecule has 1 fully saturated rings. The van der Waals surface area contributed by atoms with Crippen molar-refractivity contribution >= 4 is 51.4 Å². The Hall–Kier alpha value is -3.35. The van der Waals surface area contributed by atoms with Crippen LogP contribution in [0.5, 0.6) is 0 Å². The van der Waals surface area contributed by atoms with Crippen molar-refractivity contribution in [2.45, 2.75) is 13.0 Å². The Bertz CT molecular complexity index is 1450. The van der Waals surface area contributed by atoms with Crippen molar-refractivity contribution in [1.82, 2.24) is 15.1 Å². The predicted molar refractivity (Wildman–Crippen MR) is 145 cm³/mol. The molecule has 0 bridgehead atoms. The quantitative estimate of drug-likeness (QED) is 0.361. The molecule has 1 aromatic heterocycles. The summed E-state index contributed by atoms with van der Waals surface area (Å²) in [4.78, 5) is 20.0. The van der Waals surface area contributed by atoms with Gasteiger partial charge in [-0.15, -0.1) is 10.2 Å². The van der Waals surface area contributed by atoms with Gasteiger partial charge in [-0.3, -0.25) is 4.79 Å². The Labute approximate surface area is 220 Å². The van der Waals surface area contributed by atoms with Crippen LogP contribution in [0, 0.1) is 0 Å². The first kappa shape index (κ1) is 23.1. The third kappa shape index (κ3) is 4.25. The molecule has 8 heteroatoms. The molecule has 6 nitrogen and oxygen atoms in total. The fourth-order valence-corrected chi connectivity index (χ4v) is 5.45. The number of rotatable bonds is 3. The zero-order chi connectivity index (χ0) is 24.6. The summed E-state index contributed by atoms with van der Waals surface area (Å²) in [7, 11) is 0. The normalized spacial score (nSPS) is 15.8. The average Bonchev–Trinajstić information content (AvgIpc) is 2.93. The Morgan fingerprint density at radius 3 is 2.19 bits per heavy atom. The molecule has 2 aliphatic heterocycles. The summed E-state index contributed by atoms with van der Waals surface area (Å²) in [5, 5.41) is 12.0. The van der Waals surface area contributed by atoms with Crippen LogP contribution >= 0.6 is 23.2 Å². The summed E-state index contributed by atoms with van der Waals surface area (Å²) in [6, 6.07) is 22.0. The maximum atomic E-state index is 13.5. The van der Waals surface area contributed by atoms with E-state index in [1.807, 2.05) is 53.4 Å². The van der Waals surface area contributed by atoms with Crippen molar-refractivity contribution in [3.8, 4) is 0 Å². The minimum Gasteiger partial charge on any atom is -0.368 e. The fourth-order valence-electron chi connectivity index (χ4n) is 5.16. The highest BCUT2D eigenvalue weighted by Gasteiger charge is 2.27. The van der Waals surface area contributed by atoms with E-state index in [1.54, 1.807) is 0 Å². The largest absolute Gasteiger partial charge is 0.368 e. The fraction of sp³-hybridized carbons (Fsp3) is 0.250. The molecular weight excluding hydrogens is 493 g/mol. The van der Waals surface area contributed by atoms with Gasteiger partial charge in [0.2, 0.25) is 0 Å². The number of carbonyl (C=O) groups is 1. The highest BCUT2D eigenvalue weighted by Crippen LogP contribution is 2.31. The number of benzene rings is 3. The van der Waals surface area contributed by atoms with Gasteiger partial charge in [-0.05, 0) is 35.7 Å². The first-order valence-electron chi connectivity index (χ1n) is 12.1. The molecule has 0 radical (unpaired) electrons. The molecule has 6 rings (SSSR count). The number of hydrogen-bond acceptors (Lipinski definition) is 5. The van der Waals surface area contributed by atoms with E-state index in [0.29, 0.717) is 28.8 Å². The van der Waals surface area contributed by atoms with E-state index in [9.17, 15) is 4.79 Å². The van der Waals surface area contributed by atoms with Gasteiger partial charge in [-0.25, -0.2) is 0 Å². The molecule has 182 valence electrons. The van der Waals surface area contributed by atoms with Crippen LogP contribution in [0.15, 0.2) is 66.7 Å². The van der Waals surface area contributed by atoms with Crippen molar-refractivity contribution in [1.29, 1.82) is 0 Å². The smallest absolute Gasteiger partial charge is 0.275 e. The molecule has 0 N–H and O–H groups in total. The van der Waals surface area contributed by atoms with Gasteiger partial charge < -0.3 is 14.7 Å². The summed E-state index contributed by atoms with van der Waals surface area (Å²) >= 11 is 12.3. The lowest BCUT2D eigenvalue weighted by Crippen LogP contribution is -2.47. The summed E-state index contributed by atoms with van der Waals surface area (Å²) in [5.74, 6) is 0.754. The molecule has 0 spiro atoms. The van der Waals surface area contributed by atoms with Gasteiger partial charge >= 0.3 is 0 Å². The van der Waals surface area contributed by atoms with Gasteiger partial charge in [0.1, 0.15) is 0 Å². The molecule has 3 heterocycles. The van der Waals surface area contributed by atoms with Crippen molar-refractivity contribution in [3.63, 3.8) is 0 Å². The number of carbonyl (C=O) groups excluding carboxylic acids is 1. The number of hydrogen-bond donors (Lipinski definition) is 0. The first-order valence-corrected chi connectivity index (χ1v) is 12.9. The number of halogens is 2. The molecule has 36 heavy (non-hydrogen) atoms. The van der Waals surface area contributed by atoms with Gasteiger partial charge in [-0.1, -0.05) is 71.7 Å². The molecular formula is C28H25Cl2N5O. The van der Waals surface area contributed by atoms with Crippen LogP contribution in [-0.4, -0.2) is 53.7 Å². The van der Waals surface area contributed by atoms with Crippen LogP contribution in [-0.2, 0) is 13.0 Å². The molecule has 2 aliphatic rings. The molecule has 1 amide bonds. The summed E-state index contributed by atoms with van der Waals surface area (Å²) in [6.07, 6.45) is 0.856. The second-order valence-electron chi connectivity index (χ2n) is 9.24. The monoisotopic (exact) mass is 517 g/mol. The molecule has 1 saturated heterocycles. The summed E-state index contributed by atoms with van der Waals surface area (Å²) in [5.41, 5.74) is 3.99. The van der Waals surface area contributed by atoms with E-state index in [0.717, 1.165) is 54.9 Å². The SMILES string of the molecule is O=C(c1nnc(N2CCN(c3ccc(Cl)c(Cl)c3)CC2)c2ccccc12)N1CCc2ccccc2C1. The van der Waals surface area contributed by atoms with Gasteiger partial charge in [0.25, 0.3) is 5.91 Å². The zero-order valence-electron chi connectivity index (χ0n) is 19.7. The van der Waals surface area contributed by atoms with Crippen molar-refractivity contribution in [2.75, 3.05) is 42.5 Å². The lowest BCUT2D eigenvalue weighted by Gasteiger charge is -2.37. The maximum Gasteiger partial charge on any atom is 0.275 e. The van der Waals surface area contributed by atoms with Crippen molar-refractivity contribution in [3.05, 3.63) is 93.6 Å². The molecule has 0 atom stereocenters. The highest BCUT2D eigenvalue weighted by atomic mass is 35.5. The molecule has 0 saturated carbocycles.